The first-order chi connectivity index (χ1) is 11.3. The van der Waals surface area contributed by atoms with Gasteiger partial charge in [-0.05, 0) is 30.3 Å². The van der Waals surface area contributed by atoms with Crippen LogP contribution in [-0.2, 0) is 4.74 Å². The summed E-state index contributed by atoms with van der Waals surface area (Å²) in [5.74, 6) is -0.474. The van der Waals surface area contributed by atoms with Crippen LogP contribution in [0, 0.1) is 0 Å². The van der Waals surface area contributed by atoms with Crippen LogP contribution in [0.3, 0.4) is 0 Å². The third-order valence-corrected chi connectivity index (χ3v) is 3.70. The van der Waals surface area contributed by atoms with Gasteiger partial charge in [0.15, 0.2) is 5.69 Å². The fraction of sp³-hybridized carbons (Fsp3) is 0.0588. The molecule has 23 heavy (non-hydrogen) atoms. The van der Waals surface area contributed by atoms with E-state index < -0.39 is 5.97 Å². The molecule has 4 aromatic rings. The van der Waals surface area contributed by atoms with Crippen LogP contribution in [-0.4, -0.2) is 32.4 Å². The predicted octanol–water partition coefficient (Wildman–Crippen LogP) is 2.73. The van der Waals surface area contributed by atoms with Gasteiger partial charge in [-0.15, -0.1) is 0 Å². The van der Waals surface area contributed by atoms with Crippen molar-refractivity contribution in [1.82, 2.24) is 19.4 Å². The summed E-state index contributed by atoms with van der Waals surface area (Å²) in [5.41, 5.74) is 3.57. The van der Waals surface area contributed by atoms with Crippen molar-refractivity contribution in [2.45, 2.75) is 0 Å². The molecule has 0 atom stereocenters. The minimum Gasteiger partial charge on any atom is -0.464 e. The summed E-state index contributed by atoms with van der Waals surface area (Å²) in [4.78, 5) is 24.8. The number of aromatic nitrogens is 4. The van der Waals surface area contributed by atoms with Gasteiger partial charge in [0.2, 0.25) is 0 Å². The zero-order chi connectivity index (χ0) is 15.8. The third-order valence-electron chi connectivity index (χ3n) is 3.70. The average molecular weight is 304 g/mol. The standard InChI is InChI=1S/C17H12N4O2/c1-23-17(22)13-9-14-15(12-6-2-3-7-18-12)11-5-4-8-19-16(11)21(14)10-20-13/h2-10H,1H3. The molecule has 4 heterocycles. The molecule has 4 aromatic heterocycles. The third kappa shape index (κ3) is 2.03. The van der Waals surface area contributed by atoms with Crippen molar-refractivity contribution >= 4 is 22.5 Å². The molecule has 0 aliphatic carbocycles. The molecule has 0 fully saturated rings. The number of rotatable bonds is 2. The van der Waals surface area contributed by atoms with Crippen LogP contribution in [0.5, 0.6) is 0 Å². The van der Waals surface area contributed by atoms with Gasteiger partial charge in [0, 0.05) is 23.3 Å². The molecule has 0 amide bonds. The van der Waals surface area contributed by atoms with Crippen LogP contribution >= 0.6 is 0 Å². The van der Waals surface area contributed by atoms with Crippen LogP contribution in [0.2, 0.25) is 0 Å². The number of ether oxygens (including phenoxy) is 1. The summed E-state index contributed by atoms with van der Waals surface area (Å²) in [6.45, 7) is 0. The zero-order valence-corrected chi connectivity index (χ0v) is 12.3. The molecular formula is C17H12N4O2. The Kier molecular flexibility index (Phi) is 3.01. The van der Waals surface area contributed by atoms with E-state index in [2.05, 4.69) is 15.0 Å². The molecule has 0 N–H and O–H groups in total. The second-order valence-electron chi connectivity index (χ2n) is 4.99. The number of pyridine rings is 2. The molecule has 4 rings (SSSR count). The van der Waals surface area contributed by atoms with Crippen LogP contribution < -0.4 is 0 Å². The molecule has 0 unspecified atom stereocenters. The van der Waals surface area contributed by atoms with Crippen molar-refractivity contribution in [1.29, 1.82) is 0 Å². The fourth-order valence-corrected chi connectivity index (χ4v) is 2.70. The monoisotopic (exact) mass is 304 g/mol. The Labute approximate surface area is 131 Å². The minimum atomic E-state index is -0.474. The van der Waals surface area contributed by atoms with Crippen molar-refractivity contribution in [2.75, 3.05) is 7.11 Å². The van der Waals surface area contributed by atoms with Crippen molar-refractivity contribution in [3.63, 3.8) is 0 Å². The highest BCUT2D eigenvalue weighted by atomic mass is 16.5. The molecule has 0 aliphatic rings. The van der Waals surface area contributed by atoms with Gasteiger partial charge in [-0.1, -0.05) is 6.07 Å². The van der Waals surface area contributed by atoms with Crippen LogP contribution in [0.4, 0.5) is 0 Å². The second-order valence-corrected chi connectivity index (χ2v) is 4.99. The van der Waals surface area contributed by atoms with Gasteiger partial charge in [0.1, 0.15) is 12.0 Å². The van der Waals surface area contributed by atoms with Gasteiger partial charge >= 0.3 is 5.97 Å². The van der Waals surface area contributed by atoms with Gasteiger partial charge in [-0.3, -0.25) is 9.38 Å². The Morgan fingerprint density at radius 3 is 2.74 bits per heavy atom. The quantitative estimate of drug-likeness (QED) is 0.533. The maximum absolute atomic E-state index is 11.8. The fourth-order valence-electron chi connectivity index (χ4n) is 2.70. The predicted molar refractivity (Wildman–Crippen MR) is 85.1 cm³/mol. The van der Waals surface area contributed by atoms with E-state index in [9.17, 15) is 4.79 Å². The Morgan fingerprint density at radius 2 is 1.96 bits per heavy atom. The molecule has 0 saturated heterocycles. The van der Waals surface area contributed by atoms with E-state index in [4.69, 9.17) is 4.74 Å². The molecule has 6 heteroatoms. The SMILES string of the molecule is COC(=O)c1cc2c(-c3ccccn3)c3cccnc3n2cn1. The number of esters is 1. The van der Waals surface area contributed by atoms with E-state index in [-0.39, 0.29) is 5.69 Å². The lowest BCUT2D eigenvalue weighted by atomic mass is 10.1. The van der Waals surface area contributed by atoms with E-state index >= 15 is 0 Å². The maximum atomic E-state index is 11.8. The van der Waals surface area contributed by atoms with Gasteiger partial charge in [0.25, 0.3) is 0 Å². The molecule has 112 valence electrons. The first-order valence-electron chi connectivity index (χ1n) is 7.04. The van der Waals surface area contributed by atoms with E-state index in [1.165, 1.54) is 7.11 Å². The first kappa shape index (κ1) is 13.4. The highest BCUT2D eigenvalue weighted by Crippen LogP contribution is 2.33. The molecule has 0 radical (unpaired) electrons. The Hall–Kier alpha value is -3.28. The lowest BCUT2D eigenvalue weighted by Gasteiger charge is -2.02. The van der Waals surface area contributed by atoms with Crippen LogP contribution in [0.25, 0.3) is 27.8 Å². The zero-order valence-electron chi connectivity index (χ0n) is 12.3. The number of fused-ring (bicyclic) bond motifs is 3. The number of carbonyl (C=O) groups excluding carboxylic acids is 1. The molecule has 0 aromatic carbocycles. The smallest absolute Gasteiger partial charge is 0.356 e. The van der Waals surface area contributed by atoms with E-state index in [0.717, 1.165) is 27.8 Å². The van der Waals surface area contributed by atoms with E-state index in [1.807, 2.05) is 34.7 Å². The van der Waals surface area contributed by atoms with Crippen molar-refractivity contribution < 1.29 is 9.53 Å². The lowest BCUT2D eigenvalue weighted by Crippen LogP contribution is -2.05. The summed E-state index contributed by atoms with van der Waals surface area (Å²) in [5, 5.41) is 0.954. The van der Waals surface area contributed by atoms with Crippen molar-refractivity contribution in [3.8, 4) is 11.3 Å². The highest BCUT2D eigenvalue weighted by Gasteiger charge is 2.17. The van der Waals surface area contributed by atoms with Gasteiger partial charge in [0.05, 0.1) is 18.3 Å². The molecule has 0 spiro atoms. The normalized spacial score (nSPS) is 11.0. The number of hydrogen-bond donors (Lipinski definition) is 0. The Balaban J connectivity index is 2.13. The largest absolute Gasteiger partial charge is 0.464 e. The Bertz CT molecular complexity index is 1020. The first-order valence-corrected chi connectivity index (χ1v) is 7.04. The van der Waals surface area contributed by atoms with Crippen LogP contribution in [0.15, 0.2) is 55.1 Å². The molecule has 0 saturated carbocycles. The summed E-state index contributed by atoms with van der Waals surface area (Å²) in [6.07, 6.45) is 5.05. The van der Waals surface area contributed by atoms with Crippen LogP contribution in [0.1, 0.15) is 10.5 Å². The molecule has 6 nitrogen and oxygen atoms in total. The number of hydrogen-bond acceptors (Lipinski definition) is 5. The highest BCUT2D eigenvalue weighted by molar-refractivity contribution is 6.04. The number of nitrogens with zero attached hydrogens (tertiary/aromatic N) is 4. The summed E-state index contributed by atoms with van der Waals surface area (Å²) in [6, 6.07) is 11.3. The topological polar surface area (TPSA) is 69.4 Å². The summed E-state index contributed by atoms with van der Waals surface area (Å²) in [7, 11) is 1.34. The molecule has 0 aliphatic heterocycles. The van der Waals surface area contributed by atoms with Crippen molar-refractivity contribution in [2.24, 2.45) is 0 Å². The minimum absolute atomic E-state index is 0.250. The number of carbonyl (C=O) groups is 1. The van der Waals surface area contributed by atoms with E-state index in [0.29, 0.717) is 0 Å². The van der Waals surface area contributed by atoms with E-state index in [1.54, 1.807) is 24.8 Å². The second kappa shape index (κ2) is 5.17. The van der Waals surface area contributed by atoms with Gasteiger partial charge in [-0.2, -0.15) is 0 Å². The molecular weight excluding hydrogens is 292 g/mol. The van der Waals surface area contributed by atoms with Crippen molar-refractivity contribution in [3.05, 3.63) is 60.8 Å². The average Bonchev–Trinajstić information content (AvgIpc) is 2.95. The lowest BCUT2D eigenvalue weighted by molar-refractivity contribution is 0.0594. The maximum Gasteiger partial charge on any atom is 0.356 e. The Morgan fingerprint density at radius 1 is 1.09 bits per heavy atom. The summed E-state index contributed by atoms with van der Waals surface area (Å²) >= 11 is 0. The number of methoxy groups -OCH3 is 1. The summed E-state index contributed by atoms with van der Waals surface area (Å²) < 4.78 is 6.62. The van der Waals surface area contributed by atoms with Gasteiger partial charge < -0.3 is 4.74 Å². The molecule has 0 bridgehead atoms. The van der Waals surface area contributed by atoms with Gasteiger partial charge in [-0.25, -0.2) is 14.8 Å².